The third-order valence-electron chi connectivity index (χ3n) is 1.76. The lowest BCUT2D eigenvalue weighted by atomic mass is 10.2. The summed E-state index contributed by atoms with van der Waals surface area (Å²) in [4.78, 5) is 0. The largest absolute Gasteiger partial charge is 0.314 e. The van der Waals surface area contributed by atoms with E-state index in [9.17, 15) is 8.42 Å². The lowest BCUT2D eigenvalue weighted by Gasteiger charge is -2.23. The number of piperazine rings is 1. The van der Waals surface area contributed by atoms with Crippen molar-refractivity contribution in [1.82, 2.24) is 10.6 Å². The minimum Gasteiger partial charge on any atom is -0.314 e. The summed E-state index contributed by atoms with van der Waals surface area (Å²) in [5.41, 5.74) is 0. The average molecular weight is 195 g/mol. The van der Waals surface area contributed by atoms with Gasteiger partial charge in [0.25, 0.3) is 10.1 Å². The van der Waals surface area contributed by atoms with Crippen molar-refractivity contribution in [3.63, 3.8) is 0 Å². The first-order valence-corrected chi connectivity index (χ1v) is 5.51. The van der Waals surface area contributed by atoms with Gasteiger partial charge in [0.1, 0.15) is 1.41 Å². The van der Waals surface area contributed by atoms with Crippen molar-refractivity contribution >= 4 is 10.1 Å². The van der Waals surface area contributed by atoms with Crippen LogP contribution < -0.4 is 10.6 Å². The molecule has 3 N–H and O–H groups in total. The topological polar surface area (TPSA) is 78.4 Å². The Bertz CT molecular complexity index is 257. The van der Waals surface area contributed by atoms with Gasteiger partial charge >= 0.3 is 0 Å². The fourth-order valence-electron chi connectivity index (χ4n) is 1.14. The van der Waals surface area contributed by atoms with Gasteiger partial charge in [-0.2, -0.15) is 8.42 Å². The Hall–Kier alpha value is -0.170. The molecule has 72 valence electrons. The van der Waals surface area contributed by atoms with Crippen LogP contribution in [0.2, 0.25) is 1.41 Å². The molecule has 0 spiro atoms. The first kappa shape index (κ1) is 8.43. The number of rotatable bonds is 3. The molecule has 1 fully saturated rings. The zero-order chi connectivity index (χ0) is 9.90. The summed E-state index contributed by atoms with van der Waals surface area (Å²) in [7, 11) is -3.88. The van der Waals surface area contributed by atoms with Gasteiger partial charge < -0.3 is 10.6 Å². The molecule has 1 rings (SSSR count). The van der Waals surface area contributed by atoms with Crippen molar-refractivity contribution in [3.8, 4) is 0 Å². The van der Waals surface area contributed by atoms with Crippen molar-refractivity contribution < 1.29 is 14.4 Å². The Balaban J connectivity index is 2.35. The molecular weight excluding hydrogens is 180 g/mol. The fraction of sp³-hybridized carbons (Fsp3) is 1.00. The number of hydrogen-bond donors (Lipinski definition) is 3. The molecular formula is C6H14N2O3S. The SMILES string of the molecule is [2H]N1CCNCC1CCS(=O)(=O)O. The van der Waals surface area contributed by atoms with Gasteiger partial charge in [0.15, 0.2) is 0 Å². The van der Waals surface area contributed by atoms with E-state index in [0.29, 0.717) is 19.5 Å². The minimum atomic E-state index is -3.88. The summed E-state index contributed by atoms with van der Waals surface area (Å²) >= 11 is 0. The Morgan fingerprint density at radius 1 is 1.58 bits per heavy atom. The molecule has 0 bridgehead atoms. The van der Waals surface area contributed by atoms with Crippen LogP contribution in [-0.4, -0.2) is 44.4 Å². The molecule has 1 atom stereocenters. The summed E-state index contributed by atoms with van der Waals surface area (Å²) in [5.74, 6) is -0.269. The highest BCUT2D eigenvalue weighted by Gasteiger charge is 2.14. The van der Waals surface area contributed by atoms with Crippen LogP contribution in [0.15, 0.2) is 0 Å². The highest BCUT2D eigenvalue weighted by Crippen LogP contribution is 1.96. The quantitative estimate of drug-likeness (QED) is 0.494. The normalized spacial score (nSPS) is 28.4. The van der Waals surface area contributed by atoms with Crippen LogP contribution in [0.4, 0.5) is 0 Å². The van der Waals surface area contributed by atoms with Gasteiger partial charge in [-0.25, -0.2) is 0 Å². The molecule has 1 saturated heterocycles. The molecule has 0 aromatic rings. The van der Waals surface area contributed by atoms with Crippen molar-refractivity contribution in [3.05, 3.63) is 0 Å². The molecule has 0 amide bonds. The van der Waals surface area contributed by atoms with Crippen molar-refractivity contribution in [2.45, 2.75) is 12.5 Å². The summed E-state index contributed by atoms with van der Waals surface area (Å²) in [6, 6.07) is -0.115. The Morgan fingerprint density at radius 2 is 2.33 bits per heavy atom. The maximum Gasteiger partial charge on any atom is 0.264 e. The van der Waals surface area contributed by atoms with Gasteiger partial charge in [0, 0.05) is 25.7 Å². The highest BCUT2D eigenvalue weighted by atomic mass is 32.2. The lowest BCUT2D eigenvalue weighted by molar-refractivity contribution is 0.404. The maximum atomic E-state index is 10.4. The van der Waals surface area contributed by atoms with E-state index in [-0.39, 0.29) is 11.8 Å². The highest BCUT2D eigenvalue weighted by molar-refractivity contribution is 7.85. The van der Waals surface area contributed by atoms with Gasteiger partial charge in [-0.15, -0.1) is 0 Å². The van der Waals surface area contributed by atoms with E-state index in [1.165, 1.54) is 5.31 Å². The van der Waals surface area contributed by atoms with E-state index >= 15 is 0 Å². The molecule has 1 aliphatic rings. The summed E-state index contributed by atoms with van der Waals surface area (Å²) in [5, 5.41) is 4.43. The Morgan fingerprint density at radius 3 is 2.92 bits per heavy atom. The van der Waals surface area contributed by atoms with E-state index < -0.39 is 10.1 Å². The Labute approximate surface area is 73.7 Å². The molecule has 1 aliphatic heterocycles. The molecule has 0 aromatic carbocycles. The van der Waals surface area contributed by atoms with E-state index in [0.717, 1.165) is 6.54 Å². The standard InChI is InChI=1S/C6H14N2O3S/c9-12(10,11)4-1-6-5-7-2-3-8-6/h6-8H,1-5H2,(H,9,10,11)/i/hD. The van der Waals surface area contributed by atoms with Crippen LogP contribution in [0.25, 0.3) is 0 Å². The fourth-order valence-corrected chi connectivity index (χ4v) is 1.71. The van der Waals surface area contributed by atoms with Crippen molar-refractivity contribution in [1.29, 1.82) is 0 Å². The van der Waals surface area contributed by atoms with Crippen LogP contribution in [0.3, 0.4) is 0 Å². The van der Waals surface area contributed by atoms with Crippen LogP contribution in [0.1, 0.15) is 6.42 Å². The van der Waals surface area contributed by atoms with E-state index in [1.807, 2.05) is 0 Å². The first-order chi connectivity index (χ1) is 5.99. The van der Waals surface area contributed by atoms with Gasteiger partial charge in [-0.3, -0.25) is 4.55 Å². The summed E-state index contributed by atoms with van der Waals surface area (Å²) in [6.45, 7) is 1.96. The number of hydrogen-bond acceptors (Lipinski definition) is 4. The maximum absolute atomic E-state index is 10.4. The molecule has 0 aromatic heterocycles. The third kappa shape index (κ3) is 4.01. The predicted molar refractivity (Wildman–Crippen MR) is 45.7 cm³/mol. The molecule has 0 aliphatic carbocycles. The van der Waals surface area contributed by atoms with E-state index in [4.69, 9.17) is 5.96 Å². The zero-order valence-electron chi connectivity index (χ0n) is 7.73. The van der Waals surface area contributed by atoms with E-state index in [1.54, 1.807) is 0 Å². The molecule has 1 unspecified atom stereocenters. The van der Waals surface area contributed by atoms with Gasteiger partial charge in [-0.1, -0.05) is 0 Å². The van der Waals surface area contributed by atoms with Gasteiger partial charge in [0.05, 0.1) is 5.75 Å². The minimum absolute atomic E-state index is 0.115. The van der Waals surface area contributed by atoms with Crippen molar-refractivity contribution in [2.75, 3.05) is 25.4 Å². The van der Waals surface area contributed by atoms with Crippen LogP contribution in [0.5, 0.6) is 0 Å². The van der Waals surface area contributed by atoms with Crippen molar-refractivity contribution in [2.24, 2.45) is 0 Å². The second kappa shape index (κ2) is 4.18. The third-order valence-corrected chi connectivity index (χ3v) is 2.52. The number of nitrogens with one attached hydrogen (secondary N) is 2. The van der Waals surface area contributed by atoms with Crippen LogP contribution in [-0.2, 0) is 10.1 Å². The molecule has 1 heterocycles. The zero-order valence-corrected chi connectivity index (χ0v) is 7.55. The molecule has 0 saturated carbocycles. The summed E-state index contributed by atoms with van der Waals surface area (Å²) < 4.78 is 36.8. The van der Waals surface area contributed by atoms with E-state index in [2.05, 4.69) is 5.32 Å². The second-order valence-electron chi connectivity index (χ2n) is 2.84. The molecule has 6 heteroatoms. The van der Waals surface area contributed by atoms with Gasteiger partial charge in [-0.05, 0) is 6.42 Å². The Kier molecular flexibility index (Phi) is 2.93. The molecule has 12 heavy (non-hydrogen) atoms. The monoisotopic (exact) mass is 195 g/mol. The predicted octanol–water partition coefficient (Wildman–Crippen LogP) is -1.17. The molecule has 0 radical (unpaired) electrons. The average Bonchev–Trinajstić information content (AvgIpc) is 2.01. The van der Waals surface area contributed by atoms with Crippen LogP contribution >= 0.6 is 0 Å². The van der Waals surface area contributed by atoms with Gasteiger partial charge in [0.2, 0.25) is 0 Å². The summed E-state index contributed by atoms with van der Waals surface area (Å²) in [6.07, 6.45) is 0.301. The second-order valence-corrected chi connectivity index (χ2v) is 4.41. The first-order valence-electron chi connectivity index (χ1n) is 4.35. The molecule has 5 nitrogen and oxygen atoms in total. The smallest absolute Gasteiger partial charge is 0.264 e. The van der Waals surface area contributed by atoms with Crippen LogP contribution in [0, 0.1) is 0 Å². The lowest BCUT2D eigenvalue weighted by Crippen LogP contribution is -2.48.